The Morgan fingerprint density at radius 1 is 0.850 bits per heavy atom. The van der Waals surface area contributed by atoms with Gasteiger partial charge in [0.1, 0.15) is 11.4 Å². The van der Waals surface area contributed by atoms with E-state index in [0.29, 0.717) is 17.1 Å². The average molecular weight is 293 g/mol. The van der Waals surface area contributed by atoms with E-state index in [2.05, 4.69) is 0 Å². The summed E-state index contributed by atoms with van der Waals surface area (Å²) in [5, 5.41) is 0. The Labute approximate surface area is 123 Å². The van der Waals surface area contributed by atoms with Crippen LogP contribution in [0.25, 0.3) is 0 Å². The van der Waals surface area contributed by atoms with Crippen LogP contribution in [0.3, 0.4) is 0 Å². The van der Waals surface area contributed by atoms with Gasteiger partial charge in [0.25, 0.3) is 0 Å². The Morgan fingerprint density at radius 3 is 1.75 bits per heavy atom. The summed E-state index contributed by atoms with van der Waals surface area (Å²) in [6.45, 7) is 5.41. The normalized spacial score (nSPS) is 23.5. The summed E-state index contributed by atoms with van der Waals surface area (Å²) in [7, 11) is 0. The Morgan fingerprint density at radius 2 is 1.30 bits per heavy atom. The highest BCUT2D eigenvalue weighted by Crippen LogP contribution is 2.33. The number of hydrogen-bond donors (Lipinski definition) is 0. The van der Waals surface area contributed by atoms with Gasteiger partial charge in [-0.25, -0.2) is 0 Å². The fourth-order valence-electron chi connectivity index (χ4n) is 2.28. The molecule has 6 heteroatoms. The monoisotopic (exact) mass is 293 g/mol. The van der Waals surface area contributed by atoms with Crippen molar-refractivity contribution < 1.29 is 9.59 Å². The van der Waals surface area contributed by atoms with Gasteiger partial charge in [0.2, 0.25) is 11.6 Å². The highest BCUT2D eigenvalue weighted by atomic mass is 32.2. The number of carbonyl (C=O) groups excluding carboxylic acids is 2. The molecule has 0 saturated carbocycles. The summed E-state index contributed by atoms with van der Waals surface area (Å²) in [5.74, 6) is 0.0485. The molecule has 0 aromatic rings. The second kappa shape index (κ2) is 5.16. The Kier molecular flexibility index (Phi) is 3.50. The maximum Gasteiger partial charge on any atom is 0.227 e. The van der Waals surface area contributed by atoms with Crippen molar-refractivity contribution in [2.45, 2.75) is 0 Å². The first kappa shape index (κ1) is 13.5. The van der Waals surface area contributed by atoms with E-state index in [1.807, 2.05) is 27.2 Å². The molecule has 5 nitrogen and oxygen atoms in total. The molecule has 4 aliphatic rings. The van der Waals surface area contributed by atoms with E-state index in [1.54, 1.807) is 11.8 Å². The predicted molar refractivity (Wildman–Crippen MR) is 79.3 cm³/mol. The maximum absolute atomic E-state index is 12.4. The minimum absolute atomic E-state index is 0.00546. The quantitative estimate of drug-likeness (QED) is 0.545. The number of hydrogen-bond acceptors (Lipinski definition) is 6. The van der Waals surface area contributed by atoms with E-state index in [1.165, 1.54) is 6.08 Å². The lowest BCUT2D eigenvalue weighted by molar-refractivity contribution is -0.117. The molecule has 0 N–H and O–H groups in total. The first-order valence-corrected chi connectivity index (χ1v) is 8.50. The molecule has 20 heavy (non-hydrogen) atoms. The lowest BCUT2D eigenvalue weighted by Gasteiger charge is -2.21. The van der Waals surface area contributed by atoms with Crippen LogP contribution in [0.5, 0.6) is 0 Å². The van der Waals surface area contributed by atoms with Crippen LogP contribution in [0.2, 0.25) is 0 Å². The van der Waals surface area contributed by atoms with Gasteiger partial charge in [0.05, 0.1) is 5.70 Å². The van der Waals surface area contributed by atoms with Crippen LogP contribution < -0.4 is 0 Å². The van der Waals surface area contributed by atoms with Crippen molar-refractivity contribution in [1.29, 1.82) is 0 Å². The van der Waals surface area contributed by atoms with Gasteiger partial charge in [-0.15, -0.1) is 0 Å². The molecular weight excluding hydrogens is 274 g/mol. The number of ketones is 2. The average Bonchev–Trinajstić information content (AvgIpc) is 3.28. The van der Waals surface area contributed by atoms with Crippen molar-refractivity contribution >= 4 is 23.3 Å². The van der Waals surface area contributed by atoms with Gasteiger partial charge in [0, 0.05) is 45.3 Å². The molecule has 0 spiro atoms. The van der Waals surface area contributed by atoms with Crippen LogP contribution in [-0.4, -0.2) is 78.0 Å². The molecule has 4 rings (SSSR count). The largest absolute Gasteiger partial charge is 0.365 e. The topological polar surface area (TPSA) is 43.2 Å². The van der Waals surface area contributed by atoms with E-state index in [0.717, 1.165) is 39.3 Å². The number of Topliss-reactive ketones (excluding diaryl/α,β-unsaturated/α-hetero) is 1. The molecule has 0 unspecified atom stereocenters. The molecule has 0 amide bonds. The van der Waals surface area contributed by atoms with Crippen LogP contribution in [0, 0.1) is 0 Å². The Hall–Kier alpha value is -1.43. The molecule has 0 radical (unpaired) electrons. The molecule has 0 bridgehead atoms. The Balaban J connectivity index is 0.000000373. The molecule has 3 fully saturated rings. The van der Waals surface area contributed by atoms with Crippen molar-refractivity contribution in [3.8, 4) is 0 Å². The summed E-state index contributed by atoms with van der Waals surface area (Å²) < 4.78 is 0. The van der Waals surface area contributed by atoms with E-state index in [4.69, 9.17) is 0 Å². The van der Waals surface area contributed by atoms with Crippen molar-refractivity contribution in [3.05, 3.63) is 23.2 Å². The van der Waals surface area contributed by atoms with Crippen molar-refractivity contribution in [1.82, 2.24) is 14.7 Å². The second-order valence-electron chi connectivity index (χ2n) is 5.29. The van der Waals surface area contributed by atoms with Crippen LogP contribution in [0.15, 0.2) is 23.2 Å². The zero-order valence-electron chi connectivity index (χ0n) is 11.9. The molecule has 0 aromatic heterocycles. The third-order valence-electron chi connectivity index (χ3n) is 3.49. The third kappa shape index (κ3) is 2.57. The Bertz CT molecular complexity index is 515. The molecule has 0 atom stereocenters. The highest BCUT2D eigenvalue weighted by Gasteiger charge is 2.43. The van der Waals surface area contributed by atoms with Crippen molar-refractivity contribution in [3.63, 3.8) is 0 Å². The molecule has 3 saturated heterocycles. The summed E-state index contributed by atoms with van der Waals surface area (Å²) in [5.41, 5.74) is 1.89. The minimum atomic E-state index is 0.00546. The SMILES string of the molecule is CSC.O=C1C=C(N2CC2)C(=O)C(N2CC2)=C1N1CC1. The predicted octanol–water partition coefficient (Wildman–Crippen LogP) is 0.160. The van der Waals surface area contributed by atoms with E-state index in [9.17, 15) is 9.59 Å². The first-order valence-electron chi connectivity index (χ1n) is 6.87. The lowest BCUT2D eigenvalue weighted by Crippen LogP contribution is -2.29. The van der Waals surface area contributed by atoms with Gasteiger partial charge in [-0.3, -0.25) is 9.59 Å². The summed E-state index contributed by atoms with van der Waals surface area (Å²) in [6.07, 6.45) is 5.61. The number of allylic oxidation sites excluding steroid dienone is 1. The van der Waals surface area contributed by atoms with Gasteiger partial charge in [-0.2, -0.15) is 11.8 Å². The molecule has 1 aliphatic carbocycles. The molecule has 3 aliphatic heterocycles. The van der Waals surface area contributed by atoms with Crippen molar-refractivity contribution in [2.75, 3.05) is 51.8 Å². The fraction of sp³-hybridized carbons (Fsp3) is 0.571. The maximum atomic E-state index is 12.4. The molecule has 108 valence electrons. The lowest BCUT2D eigenvalue weighted by atomic mass is 10.0. The van der Waals surface area contributed by atoms with Gasteiger partial charge >= 0.3 is 0 Å². The highest BCUT2D eigenvalue weighted by molar-refractivity contribution is 7.97. The summed E-state index contributed by atoms with van der Waals surface area (Å²) >= 11 is 1.75. The van der Waals surface area contributed by atoms with E-state index in [-0.39, 0.29) is 11.6 Å². The molecule has 3 heterocycles. The second-order valence-corrected chi connectivity index (χ2v) is 6.11. The van der Waals surface area contributed by atoms with Gasteiger partial charge in [-0.1, -0.05) is 0 Å². The fourth-order valence-corrected chi connectivity index (χ4v) is 2.28. The van der Waals surface area contributed by atoms with E-state index < -0.39 is 0 Å². The number of carbonyl (C=O) groups is 2. The van der Waals surface area contributed by atoms with Gasteiger partial charge < -0.3 is 14.7 Å². The number of rotatable bonds is 3. The number of nitrogens with zero attached hydrogens (tertiary/aromatic N) is 3. The van der Waals surface area contributed by atoms with Crippen LogP contribution in [-0.2, 0) is 9.59 Å². The number of thioether (sulfide) groups is 1. The summed E-state index contributed by atoms with van der Waals surface area (Å²) in [6, 6.07) is 0. The zero-order chi connectivity index (χ0) is 14.3. The molecular formula is C14H19N3O2S. The van der Waals surface area contributed by atoms with Crippen LogP contribution in [0.4, 0.5) is 0 Å². The third-order valence-corrected chi connectivity index (χ3v) is 3.49. The first-order chi connectivity index (χ1) is 9.67. The van der Waals surface area contributed by atoms with E-state index >= 15 is 0 Å². The standard InChI is InChI=1S/C12H13N3O2.C2H6S/c16-9-7-8(13-1-2-13)12(17)11(15-5-6-15)10(9)14-3-4-14;1-3-2/h7H,1-6H2;1-2H3. The van der Waals surface area contributed by atoms with Gasteiger partial charge in [0.15, 0.2) is 0 Å². The summed E-state index contributed by atoms with van der Waals surface area (Å²) in [4.78, 5) is 30.5. The zero-order valence-corrected chi connectivity index (χ0v) is 12.7. The molecule has 0 aromatic carbocycles. The van der Waals surface area contributed by atoms with Crippen LogP contribution in [0.1, 0.15) is 0 Å². The minimum Gasteiger partial charge on any atom is -0.365 e. The van der Waals surface area contributed by atoms with Crippen LogP contribution >= 0.6 is 11.8 Å². The van der Waals surface area contributed by atoms with Crippen molar-refractivity contribution in [2.24, 2.45) is 0 Å². The van der Waals surface area contributed by atoms with Gasteiger partial charge in [-0.05, 0) is 12.5 Å². The smallest absolute Gasteiger partial charge is 0.227 e.